The lowest BCUT2D eigenvalue weighted by atomic mass is 10.2. The summed E-state index contributed by atoms with van der Waals surface area (Å²) in [6.07, 6.45) is 3.46. The fraction of sp³-hybridized carbons (Fsp3) is 0.312. The van der Waals surface area contributed by atoms with Crippen molar-refractivity contribution in [3.05, 3.63) is 54.7 Å². The molecule has 0 saturated heterocycles. The summed E-state index contributed by atoms with van der Waals surface area (Å²) in [6, 6.07) is 10.6. The molecule has 0 bridgehead atoms. The Labute approximate surface area is 125 Å². The lowest BCUT2D eigenvalue weighted by Gasteiger charge is -2.27. The highest BCUT2D eigenvalue weighted by Gasteiger charge is 2.14. The van der Waals surface area contributed by atoms with Crippen LogP contribution < -0.4 is 10.2 Å². The van der Waals surface area contributed by atoms with Gasteiger partial charge in [0.2, 0.25) is 5.95 Å². The summed E-state index contributed by atoms with van der Waals surface area (Å²) in [5, 5.41) is 11.1. The molecular formula is C16H21N5. The molecule has 0 atom stereocenters. The Kier molecular flexibility index (Phi) is 5.26. The van der Waals surface area contributed by atoms with E-state index in [1.54, 1.807) is 12.3 Å². The average molecular weight is 283 g/mol. The molecule has 2 rings (SSSR count). The van der Waals surface area contributed by atoms with Gasteiger partial charge < -0.3 is 10.2 Å². The molecule has 1 aromatic carbocycles. The summed E-state index contributed by atoms with van der Waals surface area (Å²) in [7, 11) is 0. The Hall–Kier alpha value is -2.43. The van der Waals surface area contributed by atoms with Gasteiger partial charge in [-0.2, -0.15) is 10.1 Å². The van der Waals surface area contributed by atoms with Crippen LogP contribution in [0.2, 0.25) is 0 Å². The zero-order valence-corrected chi connectivity index (χ0v) is 12.5. The normalized spacial score (nSPS) is 10.4. The van der Waals surface area contributed by atoms with E-state index >= 15 is 0 Å². The molecule has 0 unspecified atom stereocenters. The minimum atomic E-state index is 0.314. The standard InChI is InChI=1S/C16H21N5/c1-4-10-17-16-19-15(11-18-20-16)21(13(2)3)12-14-8-6-5-7-9-14/h4-9,11,13H,1,10,12H2,2-3H3,(H,17,19,20). The van der Waals surface area contributed by atoms with Crippen LogP contribution in [0.15, 0.2) is 49.2 Å². The van der Waals surface area contributed by atoms with Crippen LogP contribution in [0.3, 0.4) is 0 Å². The van der Waals surface area contributed by atoms with E-state index in [1.807, 2.05) is 18.2 Å². The number of anilines is 2. The van der Waals surface area contributed by atoms with Gasteiger partial charge in [-0.25, -0.2) is 0 Å². The second-order valence-electron chi connectivity index (χ2n) is 5.02. The predicted octanol–water partition coefficient (Wildman–Crippen LogP) is 2.88. The Balaban J connectivity index is 2.19. The molecule has 0 radical (unpaired) electrons. The number of rotatable bonds is 7. The van der Waals surface area contributed by atoms with Crippen LogP contribution in [0.4, 0.5) is 11.8 Å². The number of hydrogen-bond donors (Lipinski definition) is 1. The molecule has 21 heavy (non-hydrogen) atoms. The van der Waals surface area contributed by atoms with Gasteiger partial charge in [-0.3, -0.25) is 0 Å². The minimum absolute atomic E-state index is 0.314. The molecule has 0 amide bonds. The SMILES string of the molecule is C=CCNc1nncc(N(Cc2ccccc2)C(C)C)n1. The summed E-state index contributed by atoms with van der Waals surface area (Å²) in [5.74, 6) is 1.33. The topological polar surface area (TPSA) is 53.9 Å². The van der Waals surface area contributed by atoms with Crippen molar-refractivity contribution in [2.24, 2.45) is 0 Å². The van der Waals surface area contributed by atoms with E-state index in [-0.39, 0.29) is 0 Å². The van der Waals surface area contributed by atoms with Crippen molar-refractivity contribution >= 4 is 11.8 Å². The highest BCUT2D eigenvalue weighted by molar-refractivity contribution is 5.42. The molecule has 0 aliphatic carbocycles. The summed E-state index contributed by atoms with van der Waals surface area (Å²) in [4.78, 5) is 6.72. The van der Waals surface area contributed by atoms with E-state index in [2.05, 4.69) is 58.0 Å². The van der Waals surface area contributed by atoms with Crippen LogP contribution in [-0.4, -0.2) is 27.8 Å². The van der Waals surface area contributed by atoms with Crippen molar-refractivity contribution in [2.45, 2.75) is 26.4 Å². The van der Waals surface area contributed by atoms with Crippen molar-refractivity contribution in [1.82, 2.24) is 15.2 Å². The maximum absolute atomic E-state index is 4.52. The minimum Gasteiger partial charge on any atom is -0.349 e. The zero-order chi connectivity index (χ0) is 15.1. The van der Waals surface area contributed by atoms with Crippen molar-refractivity contribution in [3.8, 4) is 0 Å². The molecule has 2 aromatic rings. The van der Waals surface area contributed by atoms with Gasteiger partial charge in [-0.1, -0.05) is 36.4 Å². The quantitative estimate of drug-likeness (QED) is 0.792. The zero-order valence-electron chi connectivity index (χ0n) is 12.5. The van der Waals surface area contributed by atoms with E-state index in [4.69, 9.17) is 0 Å². The number of nitrogens with zero attached hydrogens (tertiary/aromatic N) is 4. The summed E-state index contributed by atoms with van der Waals surface area (Å²) < 4.78 is 0. The van der Waals surface area contributed by atoms with Gasteiger partial charge in [0.25, 0.3) is 0 Å². The first kappa shape index (κ1) is 15.0. The van der Waals surface area contributed by atoms with Crippen LogP contribution in [-0.2, 0) is 6.54 Å². The Morgan fingerprint density at radius 2 is 2.05 bits per heavy atom. The third-order valence-electron chi connectivity index (χ3n) is 3.06. The third-order valence-corrected chi connectivity index (χ3v) is 3.06. The van der Waals surface area contributed by atoms with Crippen LogP contribution in [0, 0.1) is 0 Å². The first-order chi connectivity index (χ1) is 10.2. The lowest BCUT2D eigenvalue weighted by Crippen LogP contribution is -2.31. The van der Waals surface area contributed by atoms with Gasteiger partial charge >= 0.3 is 0 Å². The van der Waals surface area contributed by atoms with Crippen LogP contribution in [0.25, 0.3) is 0 Å². The second-order valence-corrected chi connectivity index (χ2v) is 5.02. The van der Waals surface area contributed by atoms with Gasteiger partial charge in [-0.05, 0) is 19.4 Å². The molecule has 1 heterocycles. The third kappa shape index (κ3) is 4.27. The number of benzene rings is 1. The monoisotopic (exact) mass is 283 g/mol. The van der Waals surface area contributed by atoms with Crippen molar-refractivity contribution in [1.29, 1.82) is 0 Å². The molecule has 0 aliphatic heterocycles. The Morgan fingerprint density at radius 3 is 2.71 bits per heavy atom. The largest absolute Gasteiger partial charge is 0.349 e. The van der Waals surface area contributed by atoms with E-state index in [1.165, 1.54) is 5.56 Å². The van der Waals surface area contributed by atoms with E-state index in [9.17, 15) is 0 Å². The predicted molar refractivity (Wildman–Crippen MR) is 86.3 cm³/mol. The van der Waals surface area contributed by atoms with Crippen LogP contribution >= 0.6 is 0 Å². The first-order valence-corrected chi connectivity index (χ1v) is 7.05. The van der Waals surface area contributed by atoms with E-state index in [0.29, 0.717) is 18.5 Å². The van der Waals surface area contributed by atoms with Gasteiger partial charge in [0.1, 0.15) is 0 Å². The maximum Gasteiger partial charge on any atom is 0.244 e. The fourth-order valence-electron chi connectivity index (χ4n) is 1.98. The molecule has 1 N–H and O–H groups in total. The summed E-state index contributed by atoms with van der Waals surface area (Å²) in [5.41, 5.74) is 1.24. The van der Waals surface area contributed by atoms with Crippen molar-refractivity contribution in [3.63, 3.8) is 0 Å². The molecular weight excluding hydrogens is 262 g/mol. The van der Waals surface area contributed by atoms with Gasteiger partial charge in [0.05, 0.1) is 6.20 Å². The van der Waals surface area contributed by atoms with Crippen molar-refractivity contribution < 1.29 is 0 Å². The van der Waals surface area contributed by atoms with E-state index < -0.39 is 0 Å². The number of aromatic nitrogens is 3. The van der Waals surface area contributed by atoms with Gasteiger partial charge in [0.15, 0.2) is 5.82 Å². The second kappa shape index (κ2) is 7.38. The fourth-order valence-corrected chi connectivity index (χ4v) is 1.98. The highest BCUT2D eigenvalue weighted by atomic mass is 15.3. The maximum atomic E-state index is 4.52. The molecule has 0 aliphatic rings. The molecule has 5 heteroatoms. The van der Waals surface area contributed by atoms with Crippen LogP contribution in [0.1, 0.15) is 19.4 Å². The average Bonchev–Trinajstić information content (AvgIpc) is 2.51. The Morgan fingerprint density at radius 1 is 1.29 bits per heavy atom. The highest BCUT2D eigenvalue weighted by Crippen LogP contribution is 2.17. The summed E-state index contributed by atoms with van der Waals surface area (Å²) in [6.45, 7) is 9.36. The van der Waals surface area contributed by atoms with Crippen molar-refractivity contribution in [2.75, 3.05) is 16.8 Å². The van der Waals surface area contributed by atoms with Crippen LogP contribution in [0.5, 0.6) is 0 Å². The van der Waals surface area contributed by atoms with E-state index in [0.717, 1.165) is 12.4 Å². The van der Waals surface area contributed by atoms with Gasteiger partial charge in [0, 0.05) is 19.1 Å². The number of nitrogens with one attached hydrogen (secondary N) is 1. The molecule has 5 nitrogen and oxygen atoms in total. The molecule has 0 fully saturated rings. The molecule has 0 spiro atoms. The molecule has 110 valence electrons. The summed E-state index contributed by atoms with van der Waals surface area (Å²) >= 11 is 0. The first-order valence-electron chi connectivity index (χ1n) is 7.05. The molecule has 0 saturated carbocycles. The smallest absolute Gasteiger partial charge is 0.244 e. The van der Waals surface area contributed by atoms with Gasteiger partial charge in [-0.15, -0.1) is 11.7 Å². The number of hydrogen-bond acceptors (Lipinski definition) is 5. The Bertz CT molecular complexity index is 568. The lowest BCUT2D eigenvalue weighted by molar-refractivity contribution is 0.667. The molecule has 1 aromatic heterocycles.